The summed E-state index contributed by atoms with van der Waals surface area (Å²) in [4.78, 5) is 7.92. The second-order valence-electron chi connectivity index (χ2n) is 4.93. The standard InChI is InChI=1S/C12H18N4OS2/c1-2-5-18-12-11(13-15-19-12)8-17-14-10-7-16-4-3-9(10)6-16/h9H,2-8H2,1H3/b14-10+. The van der Waals surface area contributed by atoms with Crippen molar-refractivity contribution in [1.29, 1.82) is 0 Å². The SMILES string of the molecule is CCCSc1snnc1CO/N=C1\CN2CCC1C2. The van der Waals surface area contributed by atoms with Crippen molar-refractivity contribution < 1.29 is 4.84 Å². The average molecular weight is 298 g/mol. The lowest BCUT2D eigenvalue weighted by Gasteiger charge is -2.12. The van der Waals surface area contributed by atoms with Crippen molar-refractivity contribution in [2.75, 3.05) is 25.4 Å². The first kappa shape index (κ1) is 13.3. The maximum atomic E-state index is 5.49. The summed E-state index contributed by atoms with van der Waals surface area (Å²) < 4.78 is 5.16. The van der Waals surface area contributed by atoms with Crippen molar-refractivity contribution >= 4 is 29.0 Å². The molecule has 0 N–H and O–H groups in total. The molecule has 1 aromatic rings. The van der Waals surface area contributed by atoms with Gasteiger partial charge >= 0.3 is 0 Å². The number of oxime groups is 1. The minimum Gasteiger partial charge on any atom is -0.389 e. The Balaban J connectivity index is 1.52. The number of fused-ring (bicyclic) bond motifs is 2. The fourth-order valence-corrected chi connectivity index (χ4v) is 4.11. The van der Waals surface area contributed by atoms with Gasteiger partial charge in [0.25, 0.3) is 0 Å². The molecule has 7 heteroatoms. The molecule has 19 heavy (non-hydrogen) atoms. The maximum absolute atomic E-state index is 5.49. The van der Waals surface area contributed by atoms with E-state index < -0.39 is 0 Å². The van der Waals surface area contributed by atoms with Crippen LogP contribution in [0.1, 0.15) is 25.5 Å². The van der Waals surface area contributed by atoms with Crippen LogP contribution in [0.15, 0.2) is 9.36 Å². The lowest BCUT2D eigenvalue weighted by molar-refractivity contribution is 0.124. The zero-order valence-corrected chi connectivity index (χ0v) is 12.7. The van der Waals surface area contributed by atoms with Crippen LogP contribution in [0.4, 0.5) is 0 Å². The normalized spacial score (nSPS) is 27.3. The lowest BCUT2D eigenvalue weighted by atomic mass is 10.0. The molecule has 3 rings (SSSR count). The van der Waals surface area contributed by atoms with Crippen molar-refractivity contribution in [2.45, 2.75) is 30.6 Å². The van der Waals surface area contributed by atoms with Gasteiger partial charge in [-0.3, -0.25) is 4.90 Å². The predicted octanol–water partition coefficient (Wildman–Crippen LogP) is 2.25. The molecule has 0 aromatic carbocycles. The third-order valence-electron chi connectivity index (χ3n) is 3.47. The Bertz CT molecular complexity index is 462. The van der Waals surface area contributed by atoms with Crippen LogP contribution in [0.25, 0.3) is 0 Å². The highest BCUT2D eigenvalue weighted by Crippen LogP contribution is 2.27. The first-order chi connectivity index (χ1) is 9.36. The summed E-state index contributed by atoms with van der Waals surface area (Å²) in [6.07, 6.45) is 2.39. The molecule has 0 saturated carbocycles. The van der Waals surface area contributed by atoms with E-state index in [0.717, 1.165) is 31.0 Å². The van der Waals surface area contributed by atoms with Crippen molar-refractivity contribution in [2.24, 2.45) is 11.1 Å². The maximum Gasteiger partial charge on any atom is 0.163 e. The molecular formula is C12H18N4OS2. The number of hydrogen-bond donors (Lipinski definition) is 0. The summed E-state index contributed by atoms with van der Waals surface area (Å²) in [5, 5.41) is 8.43. The quantitative estimate of drug-likeness (QED) is 0.595. The van der Waals surface area contributed by atoms with Gasteiger partial charge in [-0.2, -0.15) is 0 Å². The molecule has 2 fully saturated rings. The van der Waals surface area contributed by atoms with Crippen LogP contribution in [-0.2, 0) is 11.4 Å². The first-order valence-electron chi connectivity index (χ1n) is 6.72. The smallest absolute Gasteiger partial charge is 0.163 e. The van der Waals surface area contributed by atoms with Crippen LogP contribution in [-0.4, -0.2) is 45.6 Å². The minimum atomic E-state index is 0.443. The van der Waals surface area contributed by atoms with Gasteiger partial charge in [0.15, 0.2) is 6.61 Å². The van der Waals surface area contributed by atoms with Crippen molar-refractivity contribution in [3.63, 3.8) is 0 Å². The summed E-state index contributed by atoms with van der Waals surface area (Å²) in [6, 6.07) is 0. The number of aromatic nitrogens is 2. The highest BCUT2D eigenvalue weighted by atomic mass is 32.2. The number of thioether (sulfide) groups is 1. The number of piperidine rings is 1. The van der Waals surface area contributed by atoms with Gasteiger partial charge in [0.05, 0.1) is 5.71 Å². The predicted molar refractivity (Wildman–Crippen MR) is 77.7 cm³/mol. The van der Waals surface area contributed by atoms with E-state index in [9.17, 15) is 0 Å². The molecule has 3 heterocycles. The van der Waals surface area contributed by atoms with Gasteiger partial charge in [-0.15, -0.1) is 16.9 Å². The van der Waals surface area contributed by atoms with Gasteiger partial charge in [-0.05, 0) is 36.7 Å². The third kappa shape index (κ3) is 3.09. The Morgan fingerprint density at radius 1 is 1.58 bits per heavy atom. The Morgan fingerprint density at radius 3 is 3.26 bits per heavy atom. The Kier molecular flexibility index (Phi) is 4.35. The van der Waals surface area contributed by atoms with E-state index in [1.807, 2.05) is 0 Å². The molecule has 2 saturated heterocycles. The van der Waals surface area contributed by atoms with Crippen LogP contribution in [0.2, 0.25) is 0 Å². The largest absolute Gasteiger partial charge is 0.389 e. The molecule has 0 radical (unpaired) electrons. The van der Waals surface area contributed by atoms with Gasteiger partial charge in [0.2, 0.25) is 0 Å². The molecule has 2 aliphatic heterocycles. The summed E-state index contributed by atoms with van der Waals surface area (Å²) in [5.41, 5.74) is 2.13. The molecule has 1 aromatic heterocycles. The third-order valence-corrected chi connectivity index (χ3v) is 5.72. The van der Waals surface area contributed by atoms with Crippen molar-refractivity contribution in [3.05, 3.63) is 5.69 Å². The summed E-state index contributed by atoms with van der Waals surface area (Å²) in [7, 11) is 0. The van der Waals surface area contributed by atoms with Crippen LogP contribution in [0.5, 0.6) is 0 Å². The Morgan fingerprint density at radius 2 is 2.53 bits per heavy atom. The molecule has 5 nitrogen and oxygen atoms in total. The number of nitrogens with zero attached hydrogens (tertiary/aromatic N) is 4. The van der Waals surface area contributed by atoms with E-state index in [4.69, 9.17) is 4.84 Å². The van der Waals surface area contributed by atoms with Crippen molar-refractivity contribution in [3.8, 4) is 0 Å². The zero-order valence-electron chi connectivity index (χ0n) is 11.0. The second-order valence-corrected chi connectivity index (χ2v) is 7.05. The number of rotatable bonds is 6. The zero-order chi connectivity index (χ0) is 13.1. The Hall–Kier alpha value is -0.660. The van der Waals surface area contributed by atoms with Crippen molar-refractivity contribution in [1.82, 2.24) is 14.5 Å². The summed E-state index contributed by atoms with van der Waals surface area (Å²) in [5.74, 6) is 1.73. The van der Waals surface area contributed by atoms with E-state index >= 15 is 0 Å². The molecule has 0 spiro atoms. The summed E-state index contributed by atoms with van der Waals surface area (Å²) >= 11 is 3.25. The molecule has 2 unspecified atom stereocenters. The van der Waals surface area contributed by atoms with E-state index in [0.29, 0.717) is 12.5 Å². The van der Waals surface area contributed by atoms with Gasteiger partial charge < -0.3 is 4.84 Å². The highest BCUT2D eigenvalue weighted by Gasteiger charge is 2.35. The molecule has 0 amide bonds. The number of hydrogen-bond acceptors (Lipinski definition) is 7. The highest BCUT2D eigenvalue weighted by molar-refractivity contribution is 8.01. The molecule has 2 bridgehead atoms. The van der Waals surface area contributed by atoms with Crippen LogP contribution in [0, 0.1) is 5.92 Å². The van der Waals surface area contributed by atoms with Gasteiger partial charge in [0, 0.05) is 19.0 Å². The fourth-order valence-electron chi connectivity index (χ4n) is 2.48. The van der Waals surface area contributed by atoms with Crippen LogP contribution in [0.3, 0.4) is 0 Å². The minimum absolute atomic E-state index is 0.443. The van der Waals surface area contributed by atoms with Crippen LogP contribution < -0.4 is 0 Å². The fraction of sp³-hybridized carbons (Fsp3) is 0.750. The molecule has 2 atom stereocenters. The topological polar surface area (TPSA) is 50.6 Å². The first-order valence-corrected chi connectivity index (χ1v) is 8.48. The Labute approximate surface area is 121 Å². The van der Waals surface area contributed by atoms with E-state index in [2.05, 4.69) is 26.6 Å². The van der Waals surface area contributed by atoms with Gasteiger partial charge in [0.1, 0.15) is 9.90 Å². The molecular weight excluding hydrogens is 280 g/mol. The second kappa shape index (κ2) is 6.19. The van der Waals surface area contributed by atoms with E-state index in [1.54, 1.807) is 11.8 Å². The van der Waals surface area contributed by atoms with E-state index in [1.165, 1.54) is 34.4 Å². The van der Waals surface area contributed by atoms with Gasteiger partial charge in [-0.1, -0.05) is 16.6 Å². The monoisotopic (exact) mass is 298 g/mol. The van der Waals surface area contributed by atoms with Crippen LogP contribution >= 0.6 is 23.3 Å². The molecule has 2 aliphatic rings. The lowest BCUT2D eigenvalue weighted by Crippen LogP contribution is -2.23. The average Bonchev–Trinajstić information content (AvgIpc) is 3.12. The molecule has 0 aliphatic carbocycles. The summed E-state index contributed by atoms with van der Waals surface area (Å²) in [6.45, 7) is 5.99. The van der Waals surface area contributed by atoms with E-state index in [-0.39, 0.29) is 0 Å². The van der Waals surface area contributed by atoms with Gasteiger partial charge in [-0.25, -0.2) is 0 Å². The molecule has 104 valence electrons.